The molecule has 1 heteroatoms. The number of hydrogen-bond donors (Lipinski definition) is 0. The molecule has 0 bridgehead atoms. The summed E-state index contributed by atoms with van der Waals surface area (Å²) in [7, 11) is 0. The fraction of sp³-hybridized carbons (Fsp3) is 0.250. The van der Waals surface area contributed by atoms with Gasteiger partial charge in [0.1, 0.15) is 0 Å². The first-order valence-electron chi connectivity index (χ1n) is 6.34. The number of anilines is 1. The Labute approximate surface area is 103 Å². The first kappa shape index (κ1) is 10.4. The predicted molar refractivity (Wildman–Crippen MR) is 73.3 cm³/mol. The van der Waals surface area contributed by atoms with Crippen molar-refractivity contribution in [1.82, 2.24) is 0 Å². The molecule has 0 aromatic heterocycles. The van der Waals surface area contributed by atoms with Crippen LogP contribution in [0.15, 0.2) is 54.6 Å². The second-order valence-electron chi connectivity index (χ2n) is 4.58. The molecule has 0 spiro atoms. The first-order chi connectivity index (χ1) is 8.45. The Balaban J connectivity index is 2.04. The third-order valence-corrected chi connectivity index (χ3v) is 3.44. The van der Waals surface area contributed by atoms with Crippen LogP contribution in [0.3, 0.4) is 0 Å². The van der Waals surface area contributed by atoms with Gasteiger partial charge in [-0.3, -0.25) is 0 Å². The normalized spacial score (nSPS) is 15.2. The molecule has 0 atom stereocenters. The minimum atomic E-state index is 1.20. The summed E-state index contributed by atoms with van der Waals surface area (Å²) in [6.07, 6.45) is 2.65. The van der Waals surface area contributed by atoms with Crippen LogP contribution in [0.25, 0.3) is 11.1 Å². The van der Waals surface area contributed by atoms with E-state index >= 15 is 0 Å². The molecule has 17 heavy (non-hydrogen) atoms. The molecule has 0 amide bonds. The summed E-state index contributed by atoms with van der Waals surface area (Å²) in [5.74, 6) is 0. The van der Waals surface area contributed by atoms with Crippen molar-refractivity contribution in [3.63, 3.8) is 0 Å². The minimum Gasteiger partial charge on any atom is -0.371 e. The summed E-state index contributed by atoms with van der Waals surface area (Å²) in [5.41, 5.74) is 4.06. The van der Waals surface area contributed by atoms with E-state index in [4.69, 9.17) is 0 Å². The zero-order chi connectivity index (χ0) is 11.5. The Morgan fingerprint density at radius 3 is 2.12 bits per heavy atom. The summed E-state index contributed by atoms with van der Waals surface area (Å²) in [6, 6.07) is 19.4. The maximum atomic E-state index is 2.50. The summed E-state index contributed by atoms with van der Waals surface area (Å²) in [6.45, 7) is 2.40. The molecule has 0 aliphatic carbocycles. The van der Waals surface area contributed by atoms with Gasteiger partial charge in [0.2, 0.25) is 0 Å². The molecule has 2 aromatic rings. The number of nitrogens with zero attached hydrogens (tertiary/aromatic N) is 1. The van der Waals surface area contributed by atoms with Crippen LogP contribution >= 0.6 is 0 Å². The van der Waals surface area contributed by atoms with Crippen LogP contribution in [0.2, 0.25) is 0 Å². The highest BCUT2D eigenvalue weighted by Gasteiger charge is 2.15. The largest absolute Gasteiger partial charge is 0.371 e. The molecule has 1 fully saturated rings. The van der Waals surface area contributed by atoms with Crippen LogP contribution in [0, 0.1) is 0 Å². The SMILES string of the molecule is c1ccc(-c2ccccc2N2CCCC2)cc1. The third kappa shape index (κ3) is 2.05. The summed E-state index contributed by atoms with van der Waals surface area (Å²) in [5, 5.41) is 0. The van der Waals surface area contributed by atoms with Gasteiger partial charge in [-0.25, -0.2) is 0 Å². The predicted octanol–water partition coefficient (Wildman–Crippen LogP) is 3.95. The topological polar surface area (TPSA) is 3.24 Å². The smallest absolute Gasteiger partial charge is 0.0445 e. The summed E-state index contributed by atoms with van der Waals surface area (Å²) < 4.78 is 0. The molecule has 0 saturated carbocycles. The standard InChI is InChI=1S/C16H17N/c1-2-8-14(9-3-1)15-10-4-5-11-16(15)17-12-6-7-13-17/h1-5,8-11H,6-7,12-13H2. The van der Waals surface area contributed by atoms with Crippen LogP contribution in [0.1, 0.15) is 12.8 Å². The van der Waals surface area contributed by atoms with Crippen molar-refractivity contribution in [1.29, 1.82) is 0 Å². The van der Waals surface area contributed by atoms with E-state index < -0.39 is 0 Å². The van der Waals surface area contributed by atoms with Gasteiger partial charge in [-0.1, -0.05) is 48.5 Å². The number of benzene rings is 2. The van der Waals surface area contributed by atoms with E-state index in [1.807, 2.05) is 0 Å². The summed E-state index contributed by atoms with van der Waals surface area (Å²) >= 11 is 0. The van der Waals surface area contributed by atoms with Crippen molar-refractivity contribution in [3.05, 3.63) is 54.6 Å². The van der Waals surface area contributed by atoms with E-state index in [-0.39, 0.29) is 0 Å². The van der Waals surface area contributed by atoms with Gasteiger partial charge >= 0.3 is 0 Å². The van der Waals surface area contributed by atoms with Crippen molar-refractivity contribution < 1.29 is 0 Å². The maximum Gasteiger partial charge on any atom is 0.0445 e. The molecular formula is C16H17N. The maximum absolute atomic E-state index is 2.50. The van der Waals surface area contributed by atoms with Gasteiger partial charge in [-0.05, 0) is 24.5 Å². The average Bonchev–Trinajstić information content (AvgIpc) is 2.94. The van der Waals surface area contributed by atoms with E-state index in [1.165, 1.54) is 42.7 Å². The monoisotopic (exact) mass is 223 g/mol. The van der Waals surface area contributed by atoms with E-state index in [1.54, 1.807) is 0 Å². The van der Waals surface area contributed by atoms with E-state index in [0.717, 1.165) is 0 Å². The van der Waals surface area contributed by atoms with Gasteiger partial charge in [-0.2, -0.15) is 0 Å². The average molecular weight is 223 g/mol. The molecule has 0 unspecified atom stereocenters. The Morgan fingerprint density at radius 2 is 1.35 bits per heavy atom. The molecule has 86 valence electrons. The zero-order valence-electron chi connectivity index (χ0n) is 9.97. The highest BCUT2D eigenvalue weighted by Crippen LogP contribution is 2.32. The Morgan fingerprint density at radius 1 is 0.706 bits per heavy atom. The highest BCUT2D eigenvalue weighted by molar-refractivity contribution is 5.78. The Kier molecular flexibility index (Phi) is 2.83. The minimum absolute atomic E-state index is 1.20. The lowest BCUT2D eigenvalue weighted by Gasteiger charge is -2.21. The van der Waals surface area contributed by atoms with Crippen molar-refractivity contribution >= 4 is 5.69 Å². The molecular weight excluding hydrogens is 206 g/mol. The lowest BCUT2D eigenvalue weighted by Crippen LogP contribution is -2.18. The Bertz CT molecular complexity index is 484. The van der Waals surface area contributed by atoms with Crippen LogP contribution < -0.4 is 4.90 Å². The van der Waals surface area contributed by atoms with Crippen LogP contribution in [0.5, 0.6) is 0 Å². The van der Waals surface area contributed by atoms with Crippen molar-refractivity contribution in [3.8, 4) is 11.1 Å². The fourth-order valence-corrected chi connectivity index (χ4v) is 2.57. The quantitative estimate of drug-likeness (QED) is 0.745. The van der Waals surface area contributed by atoms with Gasteiger partial charge in [0.15, 0.2) is 0 Å². The third-order valence-electron chi connectivity index (χ3n) is 3.44. The van der Waals surface area contributed by atoms with Crippen molar-refractivity contribution in [2.45, 2.75) is 12.8 Å². The van der Waals surface area contributed by atoms with Gasteiger partial charge in [-0.15, -0.1) is 0 Å². The molecule has 1 saturated heterocycles. The lowest BCUT2D eigenvalue weighted by molar-refractivity contribution is 0.949. The van der Waals surface area contributed by atoms with Crippen LogP contribution in [-0.2, 0) is 0 Å². The van der Waals surface area contributed by atoms with Gasteiger partial charge in [0.25, 0.3) is 0 Å². The van der Waals surface area contributed by atoms with Gasteiger partial charge < -0.3 is 4.90 Å². The molecule has 0 radical (unpaired) electrons. The molecule has 1 aliphatic heterocycles. The first-order valence-corrected chi connectivity index (χ1v) is 6.34. The summed E-state index contributed by atoms with van der Waals surface area (Å²) in [4.78, 5) is 2.50. The van der Waals surface area contributed by atoms with E-state index in [0.29, 0.717) is 0 Å². The van der Waals surface area contributed by atoms with Crippen molar-refractivity contribution in [2.75, 3.05) is 18.0 Å². The Hall–Kier alpha value is -1.76. The van der Waals surface area contributed by atoms with Gasteiger partial charge in [0, 0.05) is 24.3 Å². The second kappa shape index (κ2) is 4.62. The highest BCUT2D eigenvalue weighted by atomic mass is 15.1. The second-order valence-corrected chi connectivity index (χ2v) is 4.58. The lowest BCUT2D eigenvalue weighted by atomic mass is 10.0. The van der Waals surface area contributed by atoms with E-state index in [2.05, 4.69) is 59.5 Å². The molecule has 1 aliphatic rings. The molecule has 0 N–H and O–H groups in total. The van der Waals surface area contributed by atoms with Gasteiger partial charge in [0.05, 0.1) is 0 Å². The molecule has 2 aromatic carbocycles. The fourth-order valence-electron chi connectivity index (χ4n) is 2.57. The zero-order valence-corrected chi connectivity index (χ0v) is 9.97. The molecule has 3 rings (SSSR count). The van der Waals surface area contributed by atoms with E-state index in [9.17, 15) is 0 Å². The number of hydrogen-bond acceptors (Lipinski definition) is 1. The number of rotatable bonds is 2. The molecule has 1 nitrogen and oxygen atoms in total. The van der Waals surface area contributed by atoms with Crippen LogP contribution in [-0.4, -0.2) is 13.1 Å². The van der Waals surface area contributed by atoms with Crippen LogP contribution in [0.4, 0.5) is 5.69 Å². The van der Waals surface area contributed by atoms with Crippen molar-refractivity contribution in [2.24, 2.45) is 0 Å². The number of para-hydroxylation sites is 1. The molecule has 1 heterocycles.